The fourth-order valence-corrected chi connectivity index (χ4v) is 3.51. The smallest absolute Gasteiger partial charge is 0.267 e. The second kappa shape index (κ2) is 2.75. The van der Waals surface area contributed by atoms with Gasteiger partial charge in [-0.25, -0.2) is 8.42 Å². The molecule has 1 aromatic rings. The normalized spacial score (nSPS) is 23.7. The van der Waals surface area contributed by atoms with E-state index in [2.05, 4.69) is 5.10 Å². The Morgan fingerprint density at radius 1 is 1.33 bits per heavy atom. The van der Waals surface area contributed by atoms with E-state index in [-0.39, 0.29) is 17.1 Å². The van der Waals surface area contributed by atoms with Gasteiger partial charge in [0, 0.05) is 5.56 Å². The van der Waals surface area contributed by atoms with E-state index in [0.29, 0.717) is 23.7 Å². The van der Waals surface area contributed by atoms with E-state index in [1.807, 2.05) is 0 Å². The maximum Gasteiger partial charge on any atom is 0.267 e. The molecule has 5 nitrogen and oxygen atoms in total. The van der Waals surface area contributed by atoms with E-state index in [0.717, 1.165) is 12.8 Å². The van der Waals surface area contributed by atoms with Crippen molar-refractivity contribution in [3.05, 3.63) is 21.6 Å². The van der Waals surface area contributed by atoms with Gasteiger partial charge in [-0.3, -0.25) is 14.6 Å². The molecule has 1 aliphatic carbocycles. The third-order valence-electron chi connectivity index (χ3n) is 3.07. The van der Waals surface area contributed by atoms with Gasteiger partial charge in [-0.15, -0.1) is 0 Å². The fraction of sp³-hybridized carbons (Fsp3) is 0.667. The van der Waals surface area contributed by atoms with Crippen LogP contribution >= 0.6 is 0 Å². The lowest BCUT2D eigenvalue weighted by Crippen LogP contribution is -2.22. The third kappa shape index (κ3) is 1.43. The first kappa shape index (κ1) is 9.21. The average Bonchev–Trinajstić information content (AvgIpc) is 2.92. The van der Waals surface area contributed by atoms with Gasteiger partial charge in [0.15, 0.2) is 9.84 Å². The molecule has 6 heteroatoms. The SMILES string of the molecule is O=c1[nH]n(C2CC2)c2c1CCS(=O)(=O)C2. The summed E-state index contributed by atoms with van der Waals surface area (Å²) in [5, 5.41) is 2.75. The third-order valence-corrected chi connectivity index (χ3v) is 4.61. The van der Waals surface area contributed by atoms with Gasteiger partial charge in [0.05, 0.1) is 23.2 Å². The second-order valence-corrected chi connectivity index (χ2v) is 6.49. The average molecular weight is 228 g/mol. The van der Waals surface area contributed by atoms with Gasteiger partial charge in [-0.05, 0) is 19.3 Å². The van der Waals surface area contributed by atoms with Gasteiger partial charge in [0.2, 0.25) is 0 Å². The summed E-state index contributed by atoms with van der Waals surface area (Å²) in [6.07, 6.45) is 2.45. The predicted molar refractivity (Wildman–Crippen MR) is 54.5 cm³/mol. The minimum Gasteiger partial charge on any atom is -0.285 e. The summed E-state index contributed by atoms with van der Waals surface area (Å²) in [6.45, 7) is 0. The van der Waals surface area contributed by atoms with Gasteiger partial charge in [-0.1, -0.05) is 0 Å². The maximum atomic E-state index is 11.6. The molecular weight excluding hydrogens is 216 g/mol. The van der Waals surface area contributed by atoms with Crippen molar-refractivity contribution in [1.29, 1.82) is 0 Å². The van der Waals surface area contributed by atoms with Crippen LogP contribution in [0.2, 0.25) is 0 Å². The number of hydrogen-bond donors (Lipinski definition) is 1. The molecule has 0 spiro atoms. The molecule has 0 bridgehead atoms. The van der Waals surface area contributed by atoms with Crippen LogP contribution in [0.5, 0.6) is 0 Å². The van der Waals surface area contributed by atoms with Gasteiger partial charge >= 0.3 is 0 Å². The van der Waals surface area contributed by atoms with Gasteiger partial charge < -0.3 is 0 Å². The number of aromatic nitrogens is 2. The lowest BCUT2D eigenvalue weighted by molar-refractivity contribution is 0.576. The molecule has 0 amide bonds. The summed E-state index contributed by atoms with van der Waals surface area (Å²) >= 11 is 0. The summed E-state index contributed by atoms with van der Waals surface area (Å²) in [5.41, 5.74) is 1.28. The first-order chi connectivity index (χ1) is 7.07. The van der Waals surface area contributed by atoms with Crippen molar-refractivity contribution in [2.45, 2.75) is 31.1 Å². The Labute approximate surface area is 87.0 Å². The van der Waals surface area contributed by atoms with Crippen LogP contribution in [-0.2, 0) is 22.0 Å². The summed E-state index contributed by atoms with van der Waals surface area (Å²) in [6, 6.07) is 0.328. The lowest BCUT2D eigenvalue weighted by atomic mass is 10.2. The summed E-state index contributed by atoms with van der Waals surface area (Å²) in [5.74, 6) is 0.134. The molecule has 0 atom stereocenters. The molecule has 0 saturated heterocycles. The highest BCUT2D eigenvalue weighted by Gasteiger charge is 2.33. The first-order valence-corrected chi connectivity index (χ1v) is 6.92. The van der Waals surface area contributed by atoms with E-state index in [1.54, 1.807) is 4.68 Å². The van der Waals surface area contributed by atoms with Gasteiger partial charge in [-0.2, -0.15) is 0 Å². The van der Waals surface area contributed by atoms with E-state index in [1.165, 1.54) is 0 Å². The summed E-state index contributed by atoms with van der Waals surface area (Å²) in [4.78, 5) is 11.6. The Hall–Kier alpha value is -1.04. The number of hydrogen-bond acceptors (Lipinski definition) is 3. The Kier molecular flexibility index (Phi) is 1.69. The zero-order valence-electron chi connectivity index (χ0n) is 8.19. The number of rotatable bonds is 1. The molecule has 1 aromatic heterocycles. The van der Waals surface area contributed by atoms with E-state index >= 15 is 0 Å². The Morgan fingerprint density at radius 3 is 2.73 bits per heavy atom. The zero-order chi connectivity index (χ0) is 10.6. The summed E-state index contributed by atoms with van der Waals surface area (Å²) < 4.78 is 24.7. The number of fused-ring (bicyclic) bond motifs is 1. The van der Waals surface area contributed by atoms with Crippen LogP contribution in [0.4, 0.5) is 0 Å². The molecule has 82 valence electrons. The topological polar surface area (TPSA) is 71.9 Å². The summed E-state index contributed by atoms with van der Waals surface area (Å²) in [7, 11) is -2.99. The molecular formula is C9H12N2O3S. The number of H-pyrrole nitrogens is 1. The van der Waals surface area contributed by atoms with Crippen molar-refractivity contribution in [3.63, 3.8) is 0 Å². The minimum absolute atomic E-state index is 0.0254. The maximum absolute atomic E-state index is 11.6. The number of nitrogens with one attached hydrogen (secondary N) is 1. The van der Waals surface area contributed by atoms with Crippen molar-refractivity contribution in [1.82, 2.24) is 9.78 Å². The number of nitrogens with zero attached hydrogens (tertiary/aromatic N) is 1. The van der Waals surface area contributed by atoms with Crippen LogP contribution in [0.15, 0.2) is 4.79 Å². The van der Waals surface area contributed by atoms with Crippen LogP contribution in [0.25, 0.3) is 0 Å². The van der Waals surface area contributed by atoms with E-state index in [4.69, 9.17) is 0 Å². The van der Waals surface area contributed by atoms with Crippen molar-refractivity contribution in [3.8, 4) is 0 Å². The molecule has 1 saturated carbocycles. The van der Waals surface area contributed by atoms with Gasteiger partial charge in [0.25, 0.3) is 5.56 Å². The largest absolute Gasteiger partial charge is 0.285 e. The van der Waals surface area contributed by atoms with Crippen molar-refractivity contribution < 1.29 is 8.42 Å². The van der Waals surface area contributed by atoms with Crippen molar-refractivity contribution in [2.24, 2.45) is 0 Å². The molecule has 0 aromatic carbocycles. The fourth-order valence-electron chi connectivity index (χ4n) is 2.12. The molecule has 3 rings (SSSR count). The van der Waals surface area contributed by atoms with Crippen LogP contribution in [0, 0.1) is 0 Å². The van der Waals surface area contributed by atoms with Crippen LogP contribution in [0.3, 0.4) is 0 Å². The molecule has 0 unspecified atom stereocenters. The van der Waals surface area contributed by atoms with Gasteiger partial charge in [0.1, 0.15) is 0 Å². The van der Waals surface area contributed by atoms with Crippen LogP contribution < -0.4 is 5.56 Å². The highest BCUT2D eigenvalue weighted by atomic mass is 32.2. The van der Waals surface area contributed by atoms with Crippen molar-refractivity contribution >= 4 is 9.84 Å². The lowest BCUT2D eigenvalue weighted by Gasteiger charge is -2.13. The zero-order valence-corrected chi connectivity index (χ0v) is 9.01. The quantitative estimate of drug-likeness (QED) is 0.734. The van der Waals surface area contributed by atoms with E-state index in [9.17, 15) is 13.2 Å². The molecule has 2 heterocycles. The Balaban J connectivity index is 2.17. The first-order valence-electron chi connectivity index (χ1n) is 5.09. The Morgan fingerprint density at radius 2 is 2.07 bits per heavy atom. The Bertz CT molecular complexity index is 563. The monoisotopic (exact) mass is 228 g/mol. The second-order valence-electron chi connectivity index (χ2n) is 4.31. The minimum atomic E-state index is -2.99. The molecule has 1 fully saturated rings. The van der Waals surface area contributed by atoms with Crippen LogP contribution in [0.1, 0.15) is 30.1 Å². The van der Waals surface area contributed by atoms with Crippen LogP contribution in [-0.4, -0.2) is 24.0 Å². The number of aromatic amines is 1. The predicted octanol–water partition coefficient (Wildman–Crippen LogP) is -0.0178. The number of sulfone groups is 1. The molecule has 1 aliphatic heterocycles. The highest BCUT2D eigenvalue weighted by Crippen LogP contribution is 2.36. The molecule has 15 heavy (non-hydrogen) atoms. The molecule has 2 aliphatic rings. The van der Waals surface area contributed by atoms with E-state index < -0.39 is 9.84 Å². The highest BCUT2D eigenvalue weighted by molar-refractivity contribution is 7.90. The molecule has 1 N–H and O–H groups in total. The standard InChI is InChI=1S/C9H12N2O3S/c12-9-7-3-4-15(13,14)5-8(7)11(10-9)6-1-2-6/h6H,1-5H2,(H,10,12). The van der Waals surface area contributed by atoms with Crippen molar-refractivity contribution in [2.75, 3.05) is 5.75 Å². The molecule has 0 radical (unpaired) electrons.